The molecule has 2 rings (SSSR count). The van der Waals surface area contributed by atoms with Gasteiger partial charge in [0.05, 0.1) is 16.9 Å². The van der Waals surface area contributed by atoms with Crippen LogP contribution in [0.1, 0.15) is 25.0 Å². The van der Waals surface area contributed by atoms with E-state index in [-0.39, 0.29) is 5.54 Å². The molecule has 1 fully saturated rings. The van der Waals surface area contributed by atoms with Crippen LogP contribution in [0.25, 0.3) is 0 Å². The fourth-order valence-electron chi connectivity index (χ4n) is 1.50. The summed E-state index contributed by atoms with van der Waals surface area (Å²) in [6.45, 7) is 0. The third kappa shape index (κ3) is 1.86. The van der Waals surface area contributed by atoms with E-state index < -0.39 is 0 Å². The first-order chi connectivity index (χ1) is 6.11. The largest absolute Gasteiger partial charge is 0.325 e. The van der Waals surface area contributed by atoms with Crippen molar-refractivity contribution in [2.75, 3.05) is 0 Å². The van der Waals surface area contributed by atoms with Gasteiger partial charge in [0.2, 0.25) is 0 Å². The minimum absolute atomic E-state index is 0.105. The number of halogens is 1. The maximum atomic E-state index is 5.99. The number of aryl methyl sites for hydroxylation is 1. The van der Waals surface area contributed by atoms with Gasteiger partial charge < -0.3 is 5.73 Å². The molecule has 4 heteroatoms. The van der Waals surface area contributed by atoms with Gasteiger partial charge in [-0.2, -0.15) is 5.10 Å². The maximum Gasteiger partial charge on any atom is 0.0817 e. The molecular weight excluding hydrogens is 186 g/mol. The zero-order valence-corrected chi connectivity index (χ0v) is 8.51. The minimum atomic E-state index is 0.105. The molecule has 0 saturated heterocycles. The molecule has 72 valence electrons. The van der Waals surface area contributed by atoms with E-state index in [1.54, 1.807) is 6.20 Å². The van der Waals surface area contributed by atoms with Crippen LogP contribution in [-0.2, 0) is 13.5 Å². The highest BCUT2D eigenvalue weighted by molar-refractivity contribution is 6.31. The summed E-state index contributed by atoms with van der Waals surface area (Å²) in [5.41, 5.74) is 7.19. The van der Waals surface area contributed by atoms with E-state index in [0.29, 0.717) is 0 Å². The summed E-state index contributed by atoms with van der Waals surface area (Å²) in [6, 6.07) is 0. The van der Waals surface area contributed by atoms with Gasteiger partial charge >= 0.3 is 0 Å². The summed E-state index contributed by atoms with van der Waals surface area (Å²) in [4.78, 5) is 0. The molecule has 0 bridgehead atoms. The Bertz CT molecular complexity index is 295. The van der Waals surface area contributed by atoms with Crippen molar-refractivity contribution in [2.24, 2.45) is 12.8 Å². The van der Waals surface area contributed by atoms with Crippen molar-refractivity contribution in [1.82, 2.24) is 9.78 Å². The quantitative estimate of drug-likeness (QED) is 0.802. The smallest absolute Gasteiger partial charge is 0.0817 e. The standard InChI is InChI=1S/C9H14ClN3/c1-13-8(7(10)6-12-13)2-3-9(11)4-5-9/h6H,2-5,11H2,1H3. The number of aromatic nitrogens is 2. The van der Waals surface area contributed by atoms with Gasteiger partial charge in [0.15, 0.2) is 0 Å². The highest BCUT2D eigenvalue weighted by atomic mass is 35.5. The van der Waals surface area contributed by atoms with Crippen molar-refractivity contribution in [3.63, 3.8) is 0 Å². The summed E-state index contributed by atoms with van der Waals surface area (Å²) < 4.78 is 1.83. The predicted molar refractivity (Wildman–Crippen MR) is 52.7 cm³/mol. The van der Waals surface area contributed by atoms with Crippen LogP contribution >= 0.6 is 11.6 Å². The van der Waals surface area contributed by atoms with Gasteiger partial charge in [-0.1, -0.05) is 11.6 Å². The molecule has 0 amide bonds. The molecule has 0 spiro atoms. The fraction of sp³-hybridized carbons (Fsp3) is 0.667. The van der Waals surface area contributed by atoms with Gasteiger partial charge in [0.1, 0.15) is 0 Å². The average Bonchev–Trinajstić information content (AvgIpc) is 2.72. The van der Waals surface area contributed by atoms with E-state index in [2.05, 4.69) is 5.10 Å². The number of nitrogens with zero attached hydrogens (tertiary/aromatic N) is 2. The first-order valence-electron chi connectivity index (χ1n) is 4.56. The Kier molecular flexibility index (Phi) is 2.08. The fourth-order valence-corrected chi connectivity index (χ4v) is 1.76. The van der Waals surface area contributed by atoms with E-state index in [0.717, 1.165) is 36.4 Å². The minimum Gasteiger partial charge on any atom is -0.325 e. The molecule has 1 aliphatic rings. The summed E-state index contributed by atoms with van der Waals surface area (Å²) >= 11 is 5.97. The van der Waals surface area contributed by atoms with Crippen molar-refractivity contribution in [1.29, 1.82) is 0 Å². The lowest BCUT2D eigenvalue weighted by Gasteiger charge is -2.08. The highest BCUT2D eigenvalue weighted by Gasteiger charge is 2.37. The summed E-state index contributed by atoms with van der Waals surface area (Å²) in [5.74, 6) is 0. The lowest BCUT2D eigenvalue weighted by molar-refractivity contribution is 0.583. The molecule has 3 nitrogen and oxygen atoms in total. The first-order valence-corrected chi connectivity index (χ1v) is 4.94. The summed E-state index contributed by atoms with van der Waals surface area (Å²) in [5, 5.41) is 4.84. The molecule has 1 aromatic heterocycles. The van der Waals surface area contributed by atoms with Crippen LogP contribution in [0.3, 0.4) is 0 Å². The molecule has 0 radical (unpaired) electrons. The van der Waals surface area contributed by atoms with Gasteiger partial charge in [0, 0.05) is 12.6 Å². The number of nitrogens with two attached hydrogens (primary N) is 1. The van der Waals surface area contributed by atoms with Crippen molar-refractivity contribution >= 4 is 11.6 Å². The molecule has 0 atom stereocenters. The second-order valence-electron chi connectivity index (χ2n) is 3.93. The molecule has 13 heavy (non-hydrogen) atoms. The van der Waals surface area contributed by atoms with Crippen molar-refractivity contribution in [3.05, 3.63) is 16.9 Å². The topological polar surface area (TPSA) is 43.8 Å². The van der Waals surface area contributed by atoms with Crippen LogP contribution in [0, 0.1) is 0 Å². The van der Waals surface area contributed by atoms with E-state index >= 15 is 0 Å². The predicted octanol–water partition coefficient (Wildman–Crippen LogP) is 1.50. The third-order valence-corrected chi connectivity index (χ3v) is 3.08. The molecular formula is C9H14ClN3. The maximum absolute atomic E-state index is 5.99. The van der Waals surface area contributed by atoms with Crippen molar-refractivity contribution in [2.45, 2.75) is 31.2 Å². The molecule has 1 saturated carbocycles. The Labute approximate surface area is 82.9 Å². The Hall–Kier alpha value is -0.540. The Morgan fingerprint density at radius 3 is 2.85 bits per heavy atom. The van der Waals surface area contributed by atoms with E-state index in [1.165, 1.54) is 0 Å². The zero-order valence-electron chi connectivity index (χ0n) is 7.76. The average molecular weight is 200 g/mol. The molecule has 0 unspecified atom stereocenters. The van der Waals surface area contributed by atoms with Gasteiger partial charge in [-0.05, 0) is 25.7 Å². The molecule has 1 aromatic rings. The first kappa shape index (κ1) is 9.03. The number of hydrogen-bond acceptors (Lipinski definition) is 2. The third-order valence-electron chi connectivity index (χ3n) is 2.76. The summed E-state index contributed by atoms with van der Waals surface area (Å²) in [6.07, 6.45) is 5.95. The molecule has 2 N–H and O–H groups in total. The van der Waals surface area contributed by atoms with Gasteiger partial charge in [-0.25, -0.2) is 0 Å². The molecule has 1 aliphatic carbocycles. The lowest BCUT2D eigenvalue weighted by atomic mass is 10.1. The van der Waals surface area contributed by atoms with Crippen LogP contribution in [0.4, 0.5) is 0 Å². The van der Waals surface area contributed by atoms with E-state index in [1.807, 2.05) is 11.7 Å². The van der Waals surface area contributed by atoms with Crippen molar-refractivity contribution in [3.8, 4) is 0 Å². The molecule has 1 heterocycles. The van der Waals surface area contributed by atoms with Crippen molar-refractivity contribution < 1.29 is 0 Å². The Morgan fingerprint density at radius 2 is 2.38 bits per heavy atom. The molecule has 0 aliphatic heterocycles. The van der Waals surface area contributed by atoms with Crippen LogP contribution in [0.2, 0.25) is 5.02 Å². The second-order valence-corrected chi connectivity index (χ2v) is 4.33. The lowest BCUT2D eigenvalue weighted by Crippen LogP contribution is -2.22. The zero-order chi connectivity index (χ0) is 9.47. The van der Waals surface area contributed by atoms with E-state index in [4.69, 9.17) is 17.3 Å². The second kappa shape index (κ2) is 3.00. The van der Waals surface area contributed by atoms with Gasteiger partial charge in [-0.3, -0.25) is 4.68 Å². The highest BCUT2D eigenvalue weighted by Crippen LogP contribution is 2.37. The van der Waals surface area contributed by atoms with E-state index in [9.17, 15) is 0 Å². The van der Waals surface area contributed by atoms with Gasteiger partial charge in [-0.15, -0.1) is 0 Å². The van der Waals surface area contributed by atoms with Crippen LogP contribution in [0.5, 0.6) is 0 Å². The Morgan fingerprint density at radius 1 is 1.69 bits per heavy atom. The number of rotatable bonds is 3. The van der Waals surface area contributed by atoms with Crippen LogP contribution in [-0.4, -0.2) is 15.3 Å². The SMILES string of the molecule is Cn1ncc(Cl)c1CCC1(N)CC1. The monoisotopic (exact) mass is 199 g/mol. The molecule has 0 aromatic carbocycles. The summed E-state index contributed by atoms with van der Waals surface area (Å²) in [7, 11) is 1.91. The van der Waals surface area contributed by atoms with Crippen LogP contribution in [0.15, 0.2) is 6.20 Å². The normalized spacial score (nSPS) is 19.0. The number of hydrogen-bond donors (Lipinski definition) is 1. The Balaban J connectivity index is 2.00. The van der Waals surface area contributed by atoms with Crippen LogP contribution < -0.4 is 5.73 Å². The van der Waals surface area contributed by atoms with Gasteiger partial charge in [0.25, 0.3) is 0 Å².